The third-order valence-electron chi connectivity index (χ3n) is 6.22. The summed E-state index contributed by atoms with van der Waals surface area (Å²) >= 11 is 0. The standard InChI is InChI=1S/C19H34O16/c1-30-17-14(27)12(25)9(22)6(3-32-17)35-19-16(29)13(26)10(23)7(4-33-19)34-18-15(28)11(24)8(21)5(20)2-31-18/h5-29H,2-4H2,1H3/t5-,6?,7-,8-,9-,10-,11?,12?,13?,14?,15?,16?,17+,18-,19-/m1/s1. The topological polar surface area (TPSA) is 258 Å². The van der Waals surface area contributed by atoms with Crippen molar-refractivity contribution in [2.45, 2.75) is 92.1 Å². The molecule has 206 valence electrons. The van der Waals surface area contributed by atoms with E-state index in [0.29, 0.717) is 0 Å². The molecule has 0 aromatic carbocycles. The van der Waals surface area contributed by atoms with E-state index in [0.717, 1.165) is 0 Å². The fourth-order valence-corrected chi connectivity index (χ4v) is 3.95. The van der Waals surface area contributed by atoms with Crippen molar-refractivity contribution in [2.75, 3.05) is 26.9 Å². The van der Waals surface area contributed by atoms with Crippen LogP contribution in [0.15, 0.2) is 0 Å². The number of hydrogen-bond acceptors (Lipinski definition) is 16. The summed E-state index contributed by atoms with van der Waals surface area (Å²) in [4.78, 5) is 0. The lowest BCUT2D eigenvalue weighted by Crippen LogP contribution is -2.52. The molecule has 16 heteroatoms. The maximum absolute atomic E-state index is 10.5. The zero-order chi connectivity index (χ0) is 26.0. The average molecular weight is 518 g/mol. The SMILES string of the molecule is CO[C@H]1OCC(O[C@H]2OC[C@@H](O[C@H]3OC[C@@H](O)[C@@H](O)C(O)C3O)[C@@H](O)C(O)C2O)[C@@H](O)C(O)C1O. The van der Waals surface area contributed by atoms with Crippen LogP contribution in [0.25, 0.3) is 0 Å². The summed E-state index contributed by atoms with van der Waals surface area (Å²) in [7, 11) is 1.21. The highest BCUT2D eigenvalue weighted by Gasteiger charge is 2.48. The monoisotopic (exact) mass is 518 g/mol. The van der Waals surface area contributed by atoms with Gasteiger partial charge in [-0.1, -0.05) is 0 Å². The first-order chi connectivity index (χ1) is 16.5. The van der Waals surface area contributed by atoms with E-state index in [9.17, 15) is 51.1 Å². The van der Waals surface area contributed by atoms with Crippen molar-refractivity contribution < 1.29 is 79.5 Å². The Morgan fingerprint density at radius 3 is 1.29 bits per heavy atom. The van der Waals surface area contributed by atoms with Crippen LogP contribution < -0.4 is 0 Å². The first-order valence-corrected chi connectivity index (χ1v) is 11.0. The molecule has 0 radical (unpaired) electrons. The Morgan fingerprint density at radius 1 is 0.457 bits per heavy atom. The minimum absolute atomic E-state index is 0.413. The highest BCUT2D eigenvalue weighted by atomic mass is 16.7. The third kappa shape index (κ3) is 6.27. The molecule has 3 saturated heterocycles. The Bertz CT molecular complexity index is 656. The van der Waals surface area contributed by atoms with E-state index in [1.807, 2.05) is 0 Å². The summed E-state index contributed by atoms with van der Waals surface area (Å²) in [5, 5.41) is 101. The van der Waals surface area contributed by atoms with Crippen LogP contribution in [0.4, 0.5) is 0 Å². The number of aliphatic hydroxyl groups is 10. The molecular formula is C19H34O16. The van der Waals surface area contributed by atoms with E-state index in [2.05, 4.69) is 0 Å². The van der Waals surface area contributed by atoms with E-state index in [4.69, 9.17) is 28.4 Å². The van der Waals surface area contributed by atoms with Gasteiger partial charge >= 0.3 is 0 Å². The van der Waals surface area contributed by atoms with Gasteiger partial charge in [-0.2, -0.15) is 0 Å². The van der Waals surface area contributed by atoms with Crippen molar-refractivity contribution in [3.05, 3.63) is 0 Å². The second-order valence-corrected chi connectivity index (χ2v) is 8.67. The molecule has 35 heavy (non-hydrogen) atoms. The van der Waals surface area contributed by atoms with Crippen molar-refractivity contribution in [1.82, 2.24) is 0 Å². The molecule has 16 nitrogen and oxygen atoms in total. The number of rotatable bonds is 5. The largest absolute Gasteiger partial charge is 0.388 e. The van der Waals surface area contributed by atoms with Crippen LogP contribution in [0.1, 0.15) is 0 Å². The number of hydrogen-bond donors (Lipinski definition) is 10. The van der Waals surface area contributed by atoms with Gasteiger partial charge in [0.25, 0.3) is 0 Å². The zero-order valence-electron chi connectivity index (χ0n) is 18.7. The van der Waals surface area contributed by atoms with Crippen molar-refractivity contribution in [3.8, 4) is 0 Å². The molecule has 3 aliphatic rings. The Balaban J connectivity index is 1.68. The third-order valence-corrected chi connectivity index (χ3v) is 6.22. The summed E-state index contributed by atoms with van der Waals surface area (Å²) < 4.78 is 31.6. The van der Waals surface area contributed by atoms with Crippen molar-refractivity contribution in [3.63, 3.8) is 0 Å². The molecule has 15 atom stereocenters. The molecule has 3 rings (SSSR count). The van der Waals surface area contributed by atoms with Crippen molar-refractivity contribution in [1.29, 1.82) is 0 Å². The zero-order valence-corrected chi connectivity index (χ0v) is 18.7. The van der Waals surface area contributed by atoms with Gasteiger partial charge in [0.1, 0.15) is 73.2 Å². The van der Waals surface area contributed by atoms with Crippen LogP contribution in [0.5, 0.6) is 0 Å². The maximum atomic E-state index is 10.5. The number of ether oxygens (including phenoxy) is 6. The Labute approximate surface area is 199 Å². The molecule has 0 aliphatic carbocycles. The Morgan fingerprint density at radius 2 is 0.829 bits per heavy atom. The van der Waals surface area contributed by atoms with Crippen LogP contribution in [-0.4, -0.2) is 170 Å². The van der Waals surface area contributed by atoms with Gasteiger partial charge in [-0.05, 0) is 0 Å². The minimum atomic E-state index is -1.94. The minimum Gasteiger partial charge on any atom is -0.388 e. The molecule has 7 unspecified atom stereocenters. The van der Waals surface area contributed by atoms with Gasteiger partial charge in [0.15, 0.2) is 18.9 Å². The van der Waals surface area contributed by atoms with Gasteiger partial charge < -0.3 is 79.5 Å². The molecule has 3 heterocycles. The Hall–Kier alpha value is -0.640. The van der Waals surface area contributed by atoms with Crippen LogP contribution in [0.2, 0.25) is 0 Å². The molecule has 0 saturated carbocycles. The Kier molecular flexibility index (Phi) is 10.1. The molecule has 3 fully saturated rings. The van der Waals surface area contributed by atoms with E-state index >= 15 is 0 Å². The van der Waals surface area contributed by atoms with Crippen LogP contribution >= 0.6 is 0 Å². The van der Waals surface area contributed by atoms with E-state index in [1.54, 1.807) is 0 Å². The average Bonchev–Trinajstić information content (AvgIpc) is 3.06. The van der Waals surface area contributed by atoms with Gasteiger partial charge in [0.2, 0.25) is 0 Å². The highest BCUT2D eigenvalue weighted by molar-refractivity contribution is 4.92. The van der Waals surface area contributed by atoms with Crippen molar-refractivity contribution >= 4 is 0 Å². The van der Waals surface area contributed by atoms with Crippen molar-refractivity contribution in [2.24, 2.45) is 0 Å². The summed E-state index contributed by atoms with van der Waals surface area (Å²) in [5.41, 5.74) is 0. The van der Waals surface area contributed by atoms with Gasteiger partial charge in [-0.3, -0.25) is 0 Å². The number of methoxy groups -OCH3 is 1. The molecule has 3 aliphatic heterocycles. The predicted molar refractivity (Wildman–Crippen MR) is 106 cm³/mol. The fraction of sp³-hybridized carbons (Fsp3) is 1.00. The van der Waals surface area contributed by atoms with Gasteiger partial charge in [0, 0.05) is 7.11 Å². The van der Waals surface area contributed by atoms with E-state index in [1.165, 1.54) is 7.11 Å². The lowest BCUT2D eigenvalue weighted by Gasteiger charge is -2.31. The molecule has 0 aromatic rings. The fourth-order valence-electron chi connectivity index (χ4n) is 3.95. The summed E-state index contributed by atoms with van der Waals surface area (Å²) in [6, 6.07) is 0. The molecular weight excluding hydrogens is 484 g/mol. The van der Waals surface area contributed by atoms with Crippen LogP contribution in [0, 0.1) is 0 Å². The molecule has 0 amide bonds. The second kappa shape index (κ2) is 12.3. The normalized spacial score (nSPS) is 52.4. The number of aliphatic hydroxyl groups excluding tert-OH is 10. The quantitative estimate of drug-likeness (QED) is 0.162. The van der Waals surface area contributed by atoms with E-state index in [-0.39, 0.29) is 0 Å². The smallest absolute Gasteiger partial charge is 0.186 e. The van der Waals surface area contributed by atoms with Crippen LogP contribution in [0.3, 0.4) is 0 Å². The molecule has 0 aromatic heterocycles. The second-order valence-electron chi connectivity index (χ2n) is 8.67. The summed E-state index contributed by atoms with van der Waals surface area (Å²) in [5.74, 6) is 0. The lowest BCUT2D eigenvalue weighted by atomic mass is 10.0. The lowest BCUT2D eigenvalue weighted by molar-refractivity contribution is -0.264. The summed E-state index contributed by atoms with van der Waals surface area (Å²) in [6.07, 6.45) is -25.2. The van der Waals surface area contributed by atoms with Gasteiger partial charge in [-0.15, -0.1) is 0 Å². The van der Waals surface area contributed by atoms with E-state index < -0.39 is 112 Å². The molecule has 0 spiro atoms. The predicted octanol–water partition coefficient (Wildman–Crippen LogP) is -6.92. The highest BCUT2D eigenvalue weighted by Crippen LogP contribution is 2.26. The molecule has 0 bridgehead atoms. The van der Waals surface area contributed by atoms with Gasteiger partial charge in [-0.25, -0.2) is 0 Å². The van der Waals surface area contributed by atoms with Crippen LogP contribution in [-0.2, 0) is 28.4 Å². The summed E-state index contributed by atoms with van der Waals surface area (Å²) in [6.45, 7) is -1.51. The first-order valence-electron chi connectivity index (χ1n) is 11.0. The first kappa shape index (κ1) is 28.9. The molecule has 10 N–H and O–H groups in total. The maximum Gasteiger partial charge on any atom is 0.186 e. The van der Waals surface area contributed by atoms with Gasteiger partial charge in [0.05, 0.1) is 19.8 Å².